The highest BCUT2D eigenvalue weighted by Crippen LogP contribution is 2.16. The van der Waals surface area contributed by atoms with Crippen LogP contribution in [0.1, 0.15) is 19.5 Å². The Morgan fingerprint density at radius 1 is 1.04 bits per heavy atom. The Labute approximate surface area is 168 Å². The first-order chi connectivity index (χ1) is 13.8. The highest BCUT2D eigenvalue weighted by atomic mass is 15.3. The average molecular weight is 381 g/mol. The van der Waals surface area contributed by atoms with Gasteiger partial charge >= 0.3 is 0 Å². The van der Waals surface area contributed by atoms with Crippen molar-refractivity contribution in [3.63, 3.8) is 0 Å². The number of nitrogens with one attached hydrogen (secondary N) is 2. The van der Waals surface area contributed by atoms with Gasteiger partial charge in [-0.1, -0.05) is 24.3 Å². The predicted molar refractivity (Wildman–Crippen MR) is 117 cm³/mol. The number of aliphatic imine (C=N–C) groups is 1. The van der Waals surface area contributed by atoms with Gasteiger partial charge in [-0.3, -0.25) is 9.88 Å². The molecular formula is C22H32N6. The zero-order valence-corrected chi connectivity index (χ0v) is 17.0. The SMILES string of the molecule is CCNC(=NCc1ccccn1)NCC(C)N1CCN(c2ccccc2)CC1. The molecule has 1 aliphatic rings. The lowest BCUT2D eigenvalue weighted by Crippen LogP contribution is -2.53. The second-order valence-electron chi connectivity index (χ2n) is 7.10. The van der Waals surface area contributed by atoms with E-state index in [0.717, 1.165) is 50.9 Å². The van der Waals surface area contributed by atoms with Crippen molar-refractivity contribution < 1.29 is 0 Å². The molecule has 2 aromatic rings. The topological polar surface area (TPSA) is 55.8 Å². The van der Waals surface area contributed by atoms with E-state index in [1.54, 1.807) is 0 Å². The van der Waals surface area contributed by atoms with Crippen molar-refractivity contribution in [3.8, 4) is 0 Å². The highest BCUT2D eigenvalue weighted by Gasteiger charge is 2.21. The summed E-state index contributed by atoms with van der Waals surface area (Å²) in [5, 5.41) is 6.81. The van der Waals surface area contributed by atoms with E-state index in [0.29, 0.717) is 12.6 Å². The number of hydrogen-bond acceptors (Lipinski definition) is 4. The first kappa shape index (κ1) is 20.1. The Morgan fingerprint density at radius 3 is 2.46 bits per heavy atom. The second kappa shape index (κ2) is 10.7. The lowest BCUT2D eigenvalue weighted by atomic mass is 10.2. The molecule has 0 bridgehead atoms. The molecule has 6 heteroatoms. The molecule has 1 fully saturated rings. The summed E-state index contributed by atoms with van der Waals surface area (Å²) >= 11 is 0. The van der Waals surface area contributed by atoms with Crippen LogP contribution in [0.5, 0.6) is 0 Å². The summed E-state index contributed by atoms with van der Waals surface area (Å²) in [5.41, 5.74) is 2.30. The Balaban J connectivity index is 1.46. The van der Waals surface area contributed by atoms with Crippen molar-refractivity contribution >= 4 is 11.6 Å². The third-order valence-electron chi connectivity index (χ3n) is 5.09. The minimum absolute atomic E-state index is 0.455. The summed E-state index contributed by atoms with van der Waals surface area (Å²) in [6, 6.07) is 17.1. The summed E-state index contributed by atoms with van der Waals surface area (Å²) in [4.78, 5) is 14.0. The Bertz CT molecular complexity index is 710. The number of nitrogens with zero attached hydrogens (tertiary/aromatic N) is 4. The van der Waals surface area contributed by atoms with Crippen LogP contribution in [0.3, 0.4) is 0 Å². The van der Waals surface area contributed by atoms with E-state index in [1.807, 2.05) is 24.4 Å². The molecule has 1 atom stereocenters. The van der Waals surface area contributed by atoms with E-state index in [9.17, 15) is 0 Å². The van der Waals surface area contributed by atoms with Gasteiger partial charge < -0.3 is 15.5 Å². The monoisotopic (exact) mass is 380 g/mol. The number of rotatable bonds is 7. The minimum Gasteiger partial charge on any atom is -0.369 e. The van der Waals surface area contributed by atoms with Gasteiger partial charge in [-0.25, -0.2) is 4.99 Å². The molecule has 1 saturated heterocycles. The van der Waals surface area contributed by atoms with Crippen LogP contribution in [0.15, 0.2) is 59.7 Å². The van der Waals surface area contributed by atoms with Crippen molar-refractivity contribution in [1.82, 2.24) is 20.5 Å². The number of guanidine groups is 1. The number of benzene rings is 1. The fraction of sp³-hybridized carbons (Fsp3) is 0.455. The van der Waals surface area contributed by atoms with E-state index in [-0.39, 0.29) is 0 Å². The molecule has 2 heterocycles. The molecule has 1 aromatic heterocycles. The first-order valence-electron chi connectivity index (χ1n) is 10.2. The fourth-order valence-electron chi connectivity index (χ4n) is 3.43. The maximum Gasteiger partial charge on any atom is 0.191 e. The number of hydrogen-bond donors (Lipinski definition) is 2. The van der Waals surface area contributed by atoms with Gasteiger partial charge in [0.2, 0.25) is 0 Å². The van der Waals surface area contributed by atoms with Crippen molar-refractivity contribution in [1.29, 1.82) is 0 Å². The van der Waals surface area contributed by atoms with Crippen molar-refractivity contribution in [3.05, 3.63) is 60.4 Å². The Hall–Kier alpha value is -2.60. The van der Waals surface area contributed by atoms with E-state index < -0.39 is 0 Å². The minimum atomic E-state index is 0.455. The molecular weight excluding hydrogens is 348 g/mol. The molecule has 0 spiro atoms. The summed E-state index contributed by atoms with van der Waals surface area (Å²) in [6.45, 7) is 11.0. The van der Waals surface area contributed by atoms with Crippen LogP contribution >= 0.6 is 0 Å². The molecule has 0 radical (unpaired) electrons. The third-order valence-corrected chi connectivity index (χ3v) is 5.09. The standard InChI is InChI=1S/C22H32N6/c1-3-23-22(26-18-20-9-7-8-12-24-20)25-17-19(2)27-13-15-28(16-14-27)21-10-5-4-6-11-21/h4-12,19H,3,13-18H2,1-2H3,(H2,23,25,26). The van der Waals surface area contributed by atoms with E-state index >= 15 is 0 Å². The van der Waals surface area contributed by atoms with Crippen LogP contribution in [0.25, 0.3) is 0 Å². The van der Waals surface area contributed by atoms with Gasteiger partial charge in [0.1, 0.15) is 0 Å². The number of aromatic nitrogens is 1. The lowest BCUT2D eigenvalue weighted by molar-refractivity contribution is 0.197. The first-order valence-corrected chi connectivity index (χ1v) is 10.2. The molecule has 150 valence electrons. The highest BCUT2D eigenvalue weighted by molar-refractivity contribution is 5.79. The smallest absolute Gasteiger partial charge is 0.191 e. The molecule has 0 aliphatic carbocycles. The van der Waals surface area contributed by atoms with Gasteiger partial charge in [-0.05, 0) is 38.1 Å². The summed E-state index contributed by atoms with van der Waals surface area (Å²) in [7, 11) is 0. The normalized spacial score (nSPS) is 16.6. The van der Waals surface area contributed by atoms with Crippen molar-refractivity contribution in [2.45, 2.75) is 26.4 Å². The van der Waals surface area contributed by atoms with Gasteiger partial charge in [-0.15, -0.1) is 0 Å². The molecule has 2 N–H and O–H groups in total. The zero-order chi connectivity index (χ0) is 19.6. The molecule has 0 amide bonds. The summed E-state index contributed by atoms with van der Waals surface area (Å²) in [5.74, 6) is 0.850. The third kappa shape index (κ3) is 5.96. The van der Waals surface area contributed by atoms with Crippen LogP contribution in [0.4, 0.5) is 5.69 Å². The van der Waals surface area contributed by atoms with Crippen LogP contribution in [-0.4, -0.2) is 61.2 Å². The van der Waals surface area contributed by atoms with Crippen molar-refractivity contribution in [2.24, 2.45) is 4.99 Å². The van der Waals surface area contributed by atoms with Crippen LogP contribution in [-0.2, 0) is 6.54 Å². The fourth-order valence-corrected chi connectivity index (χ4v) is 3.43. The number of piperazine rings is 1. The van der Waals surface area contributed by atoms with Crippen LogP contribution < -0.4 is 15.5 Å². The number of para-hydroxylation sites is 1. The molecule has 0 saturated carbocycles. The number of pyridine rings is 1. The molecule has 6 nitrogen and oxygen atoms in total. The Kier molecular flexibility index (Phi) is 7.67. The van der Waals surface area contributed by atoms with Crippen LogP contribution in [0, 0.1) is 0 Å². The lowest BCUT2D eigenvalue weighted by Gasteiger charge is -2.39. The van der Waals surface area contributed by atoms with Gasteiger partial charge in [0.15, 0.2) is 5.96 Å². The van der Waals surface area contributed by atoms with Crippen LogP contribution in [0.2, 0.25) is 0 Å². The molecule has 3 rings (SSSR count). The van der Waals surface area contributed by atoms with Crippen molar-refractivity contribution in [2.75, 3.05) is 44.2 Å². The summed E-state index contributed by atoms with van der Waals surface area (Å²) < 4.78 is 0. The van der Waals surface area contributed by atoms with E-state index in [2.05, 4.69) is 74.6 Å². The van der Waals surface area contributed by atoms with Gasteiger partial charge in [0, 0.05) is 57.2 Å². The van der Waals surface area contributed by atoms with Gasteiger partial charge in [-0.2, -0.15) is 0 Å². The second-order valence-corrected chi connectivity index (χ2v) is 7.10. The molecule has 1 aliphatic heterocycles. The number of anilines is 1. The maximum atomic E-state index is 4.66. The zero-order valence-electron chi connectivity index (χ0n) is 17.0. The Morgan fingerprint density at radius 2 is 1.79 bits per heavy atom. The van der Waals surface area contributed by atoms with Gasteiger partial charge in [0.25, 0.3) is 0 Å². The molecule has 28 heavy (non-hydrogen) atoms. The maximum absolute atomic E-state index is 4.66. The van der Waals surface area contributed by atoms with E-state index in [1.165, 1.54) is 5.69 Å². The quantitative estimate of drug-likeness (QED) is 0.570. The predicted octanol–water partition coefficient (Wildman–Crippen LogP) is 2.35. The van der Waals surface area contributed by atoms with Gasteiger partial charge in [0.05, 0.1) is 12.2 Å². The summed E-state index contributed by atoms with van der Waals surface area (Å²) in [6.07, 6.45) is 1.81. The molecule has 1 aromatic carbocycles. The largest absolute Gasteiger partial charge is 0.369 e. The molecule has 1 unspecified atom stereocenters. The average Bonchev–Trinajstić information content (AvgIpc) is 2.77. The van der Waals surface area contributed by atoms with E-state index in [4.69, 9.17) is 0 Å².